The monoisotopic (exact) mass is 470 g/mol. The van der Waals surface area contributed by atoms with E-state index in [0.29, 0.717) is 18.5 Å². The molecule has 5 N–H and O–H groups in total. The molecule has 0 spiro atoms. The largest absolute Gasteiger partial charge is 0.480 e. The number of anilines is 1. The van der Waals surface area contributed by atoms with Crippen molar-refractivity contribution in [2.45, 2.75) is 58.2 Å². The summed E-state index contributed by atoms with van der Waals surface area (Å²) < 4.78 is 24.8. The van der Waals surface area contributed by atoms with Crippen molar-refractivity contribution in [2.75, 3.05) is 18.1 Å². The van der Waals surface area contributed by atoms with Crippen LogP contribution in [-0.2, 0) is 24.4 Å². The SMILES string of the molecule is CC(C)C[C@H](NC(=O)[C@H](CCCNS(C)(=O)=O)N[C@H](C)C(=O)O)C(=O)Nc1ccccc1. The molecule has 180 valence electrons. The Morgan fingerprint density at radius 2 is 1.62 bits per heavy atom. The molecule has 1 aromatic carbocycles. The lowest BCUT2D eigenvalue weighted by Gasteiger charge is -2.25. The van der Waals surface area contributed by atoms with E-state index in [-0.39, 0.29) is 24.8 Å². The van der Waals surface area contributed by atoms with E-state index in [1.807, 2.05) is 19.9 Å². The minimum absolute atomic E-state index is 0.107. The summed E-state index contributed by atoms with van der Waals surface area (Å²) in [4.78, 5) is 37.0. The summed E-state index contributed by atoms with van der Waals surface area (Å²) in [5.74, 6) is -1.91. The normalized spacial score (nSPS) is 14.4. The summed E-state index contributed by atoms with van der Waals surface area (Å²) in [6, 6.07) is 6.12. The molecule has 0 aliphatic rings. The number of rotatable bonds is 14. The van der Waals surface area contributed by atoms with Gasteiger partial charge in [0.2, 0.25) is 21.8 Å². The minimum atomic E-state index is -3.37. The number of hydrogen-bond donors (Lipinski definition) is 5. The number of aliphatic carboxylic acids is 1. The van der Waals surface area contributed by atoms with Gasteiger partial charge in [-0.1, -0.05) is 32.0 Å². The number of carboxylic acid groups (broad SMARTS) is 1. The molecule has 0 saturated heterocycles. The van der Waals surface area contributed by atoms with Crippen molar-refractivity contribution in [3.05, 3.63) is 30.3 Å². The first-order valence-electron chi connectivity index (χ1n) is 10.5. The van der Waals surface area contributed by atoms with E-state index in [1.165, 1.54) is 6.92 Å². The molecule has 1 aromatic rings. The maximum absolute atomic E-state index is 13.0. The summed E-state index contributed by atoms with van der Waals surface area (Å²) in [5, 5.41) is 17.4. The maximum atomic E-state index is 13.0. The summed E-state index contributed by atoms with van der Waals surface area (Å²) in [6.07, 6.45) is 1.90. The highest BCUT2D eigenvalue weighted by Crippen LogP contribution is 2.11. The second-order valence-electron chi connectivity index (χ2n) is 8.13. The van der Waals surface area contributed by atoms with Crippen LogP contribution in [0.2, 0.25) is 0 Å². The van der Waals surface area contributed by atoms with Gasteiger partial charge in [0.25, 0.3) is 0 Å². The van der Waals surface area contributed by atoms with Crippen LogP contribution in [0.3, 0.4) is 0 Å². The van der Waals surface area contributed by atoms with Crippen LogP contribution < -0.4 is 20.7 Å². The van der Waals surface area contributed by atoms with Gasteiger partial charge in [-0.25, -0.2) is 13.1 Å². The molecule has 0 heterocycles. The Morgan fingerprint density at radius 3 is 2.16 bits per heavy atom. The van der Waals surface area contributed by atoms with Gasteiger partial charge >= 0.3 is 5.97 Å². The van der Waals surface area contributed by atoms with Gasteiger partial charge < -0.3 is 15.7 Å². The highest BCUT2D eigenvalue weighted by atomic mass is 32.2. The third-order valence-corrected chi connectivity index (χ3v) is 5.28. The third kappa shape index (κ3) is 11.2. The number of carboxylic acids is 1. The van der Waals surface area contributed by atoms with E-state index in [9.17, 15) is 27.9 Å². The molecule has 3 atom stereocenters. The first kappa shape index (κ1) is 27.5. The van der Waals surface area contributed by atoms with E-state index in [1.54, 1.807) is 24.3 Å². The van der Waals surface area contributed by atoms with Crippen LogP contribution in [0.4, 0.5) is 5.69 Å². The second-order valence-corrected chi connectivity index (χ2v) is 9.97. The molecule has 0 aliphatic heterocycles. The van der Waals surface area contributed by atoms with Crippen LogP contribution in [0.15, 0.2) is 30.3 Å². The molecule has 1 rings (SSSR count). The molecule has 0 bridgehead atoms. The lowest BCUT2D eigenvalue weighted by atomic mass is 10.0. The average molecular weight is 471 g/mol. The molecule has 11 heteroatoms. The van der Waals surface area contributed by atoms with E-state index >= 15 is 0 Å². The highest BCUT2D eigenvalue weighted by Gasteiger charge is 2.28. The number of amides is 2. The topological polar surface area (TPSA) is 154 Å². The number of benzene rings is 1. The van der Waals surface area contributed by atoms with E-state index in [4.69, 9.17) is 0 Å². The second kappa shape index (κ2) is 13.1. The summed E-state index contributed by atoms with van der Waals surface area (Å²) in [7, 11) is -3.37. The Bertz CT molecular complexity index is 860. The Hall–Kier alpha value is -2.50. The van der Waals surface area contributed by atoms with Gasteiger partial charge in [0.15, 0.2) is 0 Å². The third-order valence-electron chi connectivity index (χ3n) is 4.55. The van der Waals surface area contributed by atoms with Crippen molar-refractivity contribution >= 4 is 33.5 Å². The van der Waals surface area contributed by atoms with Gasteiger partial charge in [-0.2, -0.15) is 0 Å². The van der Waals surface area contributed by atoms with Crippen molar-refractivity contribution in [3.63, 3.8) is 0 Å². The first-order valence-corrected chi connectivity index (χ1v) is 12.4. The van der Waals surface area contributed by atoms with Crippen LogP contribution >= 0.6 is 0 Å². The fourth-order valence-electron chi connectivity index (χ4n) is 2.95. The predicted octanol–water partition coefficient (Wildman–Crippen LogP) is 0.917. The molecule has 0 radical (unpaired) electrons. The van der Waals surface area contributed by atoms with Crippen LogP contribution in [0.25, 0.3) is 0 Å². The fourth-order valence-corrected chi connectivity index (χ4v) is 3.47. The molecule has 32 heavy (non-hydrogen) atoms. The van der Waals surface area contributed by atoms with Crippen molar-refractivity contribution in [2.24, 2.45) is 5.92 Å². The Morgan fingerprint density at radius 1 is 1.00 bits per heavy atom. The van der Waals surface area contributed by atoms with Gasteiger partial charge in [-0.15, -0.1) is 0 Å². The smallest absolute Gasteiger partial charge is 0.320 e. The summed E-state index contributed by atoms with van der Waals surface area (Å²) >= 11 is 0. The molecule has 2 amide bonds. The molecule has 0 saturated carbocycles. The average Bonchev–Trinajstić information content (AvgIpc) is 2.69. The molecular formula is C21H34N4O6S. The molecule has 0 unspecified atom stereocenters. The Balaban J connectivity index is 2.88. The van der Waals surface area contributed by atoms with Gasteiger partial charge in [0.05, 0.1) is 12.3 Å². The predicted molar refractivity (Wildman–Crippen MR) is 123 cm³/mol. The fraction of sp³-hybridized carbons (Fsp3) is 0.571. The zero-order valence-electron chi connectivity index (χ0n) is 18.9. The van der Waals surface area contributed by atoms with Gasteiger partial charge in [-0.3, -0.25) is 19.7 Å². The zero-order valence-corrected chi connectivity index (χ0v) is 19.7. The number of para-hydroxylation sites is 1. The van der Waals surface area contributed by atoms with Crippen LogP contribution in [0, 0.1) is 5.92 Å². The van der Waals surface area contributed by atoms with Gasteiger partial charge in [0, 0.05) is 12.2 Å². The number of hydrogen-bond acceptors (Lipinski definition) is 6. The number of carbonyl (C=O) groups excluding carboxylic acids is 2. The molecular weight excluding hydrogens is 436 g/mol. The number of carbonyl (C=O) groups is 3. The Labute approximate surface area is 189 Å². The standard InChI is InChI=1S/C21H34N4O6S/c1-14(2)13-18(20(27)24-16-9-6-5-7-10-16)25-19(26)17(23-15(3)21(28)29)11-8-12-22-32(4,30)31/h5-7,9-10,14-15,17-18,22-23H,8,11-13H2,1-4H3,(H,24,27)(H,25,26)(H,28,29)/t15-,17+,18+/m1/s1. The molecule has 0 aromatic heterocycles. The quantitative estimate of drug-likeness (QED) is 0.253. The van der Waals surface area contributed by atoms with Crippen molar-refractivity contribution in [1.82, 2.24) is 15.4 Å². The molecule has 0 aliphatic carbocycles. The van der Waals surface area contributed by atoms with Gasteiger partial charge in [0.1, 0.15) is 12.1 Å². The summed E-state index contributed by atoms with van der Waals surface area (Å²) in [5.41, 5.74) is 0.599. The van der Waals surface area contributed by atoms with Gasteiger partial charge in [-0.05, 0) is 44.2 Å². The van der Waals surface area contributed by atoms with E-state index < -0.39 is 40.0 Å². The number of nitrogens with one attached hydrogen (secondary N) is 4. The van der Waals surface area contributed by atoms with Crippen molar-refractivity contribution < 1.29 is 27.9 Å². The first-order chi connectivity index (χ1) is 14.9. The molecule has 0 fully saturated rings. The van der Waals surface area contributed by atoms with Crippen LogP contribution in [0.1, 0.15) is 40.0 Å². The van der Waals surface area contributed by atoms with E-state index in [0.717, 1.165) is 6.26 Å². The van der Waals surface area contributed by atoms with Crippen LogP contribution in [-0.4, -0.2) is 62.2 Å². The molecule has 10 nitrogen and oxygen atoms in total. The zero-order chi connectivity index (χ0) is 24.3. The lowest BCUT2D eigenvalue weighted by molar-refractivity contribution is -0.139. The van der Waals surface area contributed by atoms with E-state index in [2.05, 4.69) is 20.7 Å². The maximum Gasteiger partial charge on any atom is 0.320 e. The van der Waals surface area contributed by atoms with Crippen LogP contribution in [0.5, 0.6) is 0 Å². The Kier molecular flexibility index (Phi) is 11.3. The van der Waals surface area contributed by atoms with Crippen molar-refractivity contribution in [3.8, 4) is 0 Å². The van der Waals surface area contributed by atoms with Crippen molar-refractivity contribution in [1.29, 1.82) is 0 Å². The minimum Gasteiger partial charge on any atom is -0.480 e. The number of sulfonamides is 1. The summed E-state index contributed by atoms with van der Waals surface area (Å²) in [6.45, 7) is 5.36. The lowest BCUT2D eigenvalue weighted by Crippen LogP contribution is -2.54. The highest BCUT2D eigenvalue weighted by molar-refractivity contribution is 7.88.